The summed E-state index contributed by atoms with van der Waals surface area (Å²) < 4.78 is 5.65. The molecule has 0 fully saturated rings. The van der Waals surface area contributed by atoms with Gasteiger partial charge in [0.05, 0.1) is 5.69 Å². The van der Waals surface area contributed by atoms with Gasteiger partial charge in [0.15, 0.2) is 6.10 Å². The first-order valence-electron chi connectivity index (χ1n) is 6.55. The molecule has 0 spiro atoms. The minimum absolute atomic E-state index is 0.0351. The molecule has 1 aliphatic heterocycles. The van der Waals surface area contributed by atoms with Crippen LogP contribution in [0.4, 0.5) is 5.69 Å². The van der Waals surface area contributed by atoms with E-state index in [4.69, 9.17) is 10.5 Å². The van der Waals surface area contributed by atoms with Gasteiger partial charge in [-0.05, 0) is 38.6 Å². The molecule has 2 atom stereocenters. The lowest BCUT2D eigenvalue weighted by Gasteiger charge is -2.36. The molecule has 19 heavy (non-hydrogen) atoms. The molecule has 2 unspecified atom stereocenters. The Labute approximate surface area is 113 Å². The highest BCUT2D eigenvalue weighted by atomic mass is 16.5. The summed E-state index contributed by atoms with van der Waals surface area (Å²) in [5.41, 5.74) is 7.64. The fourth-order valence-corrected chi connectivity index (χ4v) is 2.28. The van der Waals surface area contributed by atoms with Crippen LogP contribution in [0, 0.1) is 0 Å². The average Bonchev–Trinajstić information content (AvgIpc) is 2.40. The van der Waals surface area contributed by atoms with Crippen LogP contribution in [0.1, 0.15) is 19.4 Å². The summed E-state index contributed by atoms with van der Waals surface area (Å²) in [5.74, 6) is 0.708. The quantitative estimate of drug-likeness (QED) is 0.845. The Kier molecular flexibility index (Phi) is 4.07. The van der Waals surface area contributed by atoms with E-state index in [-0.39, 0.29) is 11.9 Å². The van der Waals surface area contributed by atoms with Crippen LogP contribution in [0.3, 0.4) is 0 Å². The Morgan fingerprint density at radius 1 is 1.53 bits per heavy atom. The van der Waals surface area contributed by atoms with E-state index < -0.39 is 6.10 Å². The molecule has 0 saturated heterocycles. The smallest absolute Gasteiger partial charge is 0.268 e. The maximum Gasteiger partial charge on any atom is 0.268 e. The normalized spacial score (nSPS) is 19.9. The maximum absolute atomic E-state index is 12.3. The number of amides is 1. The van der Waals surface area contributed by atoms with Crippen LogP contribution >= 0.6 is 0 Å². The minimum Gasteiger partial charge on any atom is -0.479 e. The predicted octanol–water partition coefficient (Wildman–Crippen LogP) is 0.867. The topological polar surface area (TPSA) is 67.6 Å². The summed E-state index contributed by atoms with van der Waals surface area (Å²) in [7, 11) is 1.89. The lowest BCUT2D eigenvalue weighted by atomic mass is 10.1. The first-order valence-corrected chi connectivity index (χ1v) is 6.55. The molecule has 1 aromatic rings. The lowest BCUT2D eigenvalue weighted by Crippen LogP contribution is -2.51. The van der Waals surface area contributed by atoms with Crippen LogP contribution in [0.5, 0.6) is 5.75 Å². The predicted molar refractivity (Wildman–Crippen MR) is 75.3 cm³/mol. The molecule has 1 amide bonds. The van der Waals surface area contributed by atoms with Crippen molar-refractivity contribution in [2.24, 2.45) is 5.73 Å². The van der Waals surface area contributed by atoms with E-state index in [0.29, 0.717) is 6.54 Å². The molecule has 2 rings (SSSR count). The summed E-state index contributed by atoms with van der Waals surface area (Å²) in [6, 6.07) is 5.87. The van der Waals surface area contributed by atoms with E-state index in [9.17, 15) is 4.79 Å². The molecule has 0 bridgehead atoms. The second-order valence-electron chi connectivity index (χ2n) is 4.89. The van der Waals surface area contributed by atoms with Crippen LogP contribution in [-0.2, 0) is 11.3 Å². The van der Waals surface area contributed by atoms with Gasteiger partial charge in [-0.2, -0.15) is 0 Å². The van der Waals surface area contributed by atoms with E-state index in [1.807, 2.05) is 32.2 Å². The third-order valence-electron chi connectivity index (χ3n) is 3.33. The number of fused-ring (bicyclic) bond motifs is 1. The third kappa shape index (κ3) is 2.57. The van der Waals surface area contributed by atoms with E-state index in [1.165, 1.54) is 0 Å². The molecule has 0 radical (unpaired) electrons. The van der Waals surface area contributed by atoms with Gasteiger partial charge in [-0.3, -0.25) is 4.79 Å². The van der Waals surface area contributed by atoms with Gasteiger partial charge in [-0.25, -0.2) is 0 Å². The first kappa shape index (κ1) is 13.8. The zero-order valence-corrected chi connectivity index (χ0v) is 11.6. The molecule has 1 aromatic carbocycles. The van der Waals surface area contributed by atoms with Crippen LogP contribution in [0.2, 0.25) is 0 Å². The number of benzene rings is 1. The zero-order chi connectivity index (χ0) is 14.0. The Morgan fingerprint density at radius 2 is 2.26 bits per heavy atom. The molecule has 104 valence electrons. The number of carbonyl (C=O) groups is 1. The molecular formula is C14H21N3O2. The van der Waals surface area contributed by atoms with Crippen LogP contribution in [-0.4, -0.2) is 31.6 Å². The Balaban J connectivity index is 2.44. The van der Waals surface area contributed by atoms with Crippen molar-refractivity contribution in [3.8, 4) is 5.75 Å². The van der Waals surface area contributed by atoms with E-state index in [2.05, 4.69) is 5.32 Å². The summed E-state index contributed by atoms with van der Waals surface area (Å²) in [6.07, 6.45) is -0.461. The number of rotatable bonds is 4. The Hall–Kier alpha value is -1.59. The molecule has 1 aliphatic rings. The van der Waals surface area contributed by atoms with Crippen molar-refractivity contribution in [2.75, 3.05) is 18.5 Å². The molecule has 0 aromatic heterocycles. The third-order valence-corrected chi connectivity index (χ3v) is 3.33. The highest BCUT2D eigenvalue weighted by Crippen LogP contribution is 2.36. The van der Waals surface area contributed by atoms with Crippen molar-refractivity contribution in [1.82, 2.24) is 5.32 Å². The summed E-state index contributed by atoms with van der Waals surface area (Å²) in [5, 5.41) is 3.10. The van der Waals surface area contributed by atoms with Crippen LogP contribution in [0.15, 0.2) is 18.2 Å². The number of nitrogens with one attached hydrogen (secondary N) is 1. The van der Waals surface area contributed by atoms with E-state index >= 15 is 0 Å². The Morgan fingerprint density at radius 3 is 2.89 bits per heavy atom. The monoisotopic (exact) mass is 263 g/mol. The van der Waals surface area contributed by atoms with Gasteiger partial charge in [-0.1, -0.05) is 6.07 Å². The average molecular weight is 263 g/mol. The number of ether oxygens (including phenoxy) is 1. The maximum atomic E-state index is 12.3. The molecule has 0 saturated carbocycles. The number of carbonyl (C=O) groups excluding carboxylic acids is 1. The van der Waals surface area contributed by atoms with Crippen LogP contribution in [0.25, 0.3) is 0 Å². The number of hydrogen-bond donors (Lipinski definition) is 2. The highest BCUT2D eigenvalue weighted by molar-refractivity contribution is 6.00. The standard InChI is InChI=1S/C14H21N3O2/c1-9(7-15)17-12-6-11(8-16-3)4-5-13(12)19-10(2)14(17)18/h4-6,9-10,16H,7-8,15H2,1-3H3. The van der Waals surface area contributed by atoms with E-state index in [1.54, 1.807) is 11.8 Å². The zero-order valence-electron chi connectivity index (χ0n) is 11.6. The van der Waals surface area contributed by atoms with Gasteiger partial charge in [0, 0.05) is 19.1 Å². The van der Waals surface area contributed by atoms with Gasteiger partial charge in [0.2, 0.25) is 0 Å². The van der Waals surface area contributed by atoms with Crippen molar-refractivity contribution < 1.29 is 9.53 Å². The van der Waals surface area contributed by atoms with Gasteiger partial charge < -0.3 is 20.7 Å². The van der Waals surface area contributed by atoms with Gasteiger partial charge in [0.25, 0.3) is 5.91 Å². The van der Waals surface area contributed by atoms with Crippen molar-refractivity contribution in [2.45, 2.75) is 32.5 Å². The van der Waals surface area contributed by atoms with Crippen LogP contribution < -0.4 is 20.7 Å². The number of hydrogen-bond acceptors (Lipinski definition) is 4. The number of nitrogens with two attached hydrogens (primary N) is 1. The molecule has 5 heteroatoms. The molecule has 1 heterocycles. The van der Waals surface area contributed by atoms with Crippen molar-refractivity contribution in [3.05, 3.63) is 23.8 Å². The highest BCUT2D eigenvalue weighted by Gasteiger charge is 2.34. The number of nitrogens with zero attached hydrogens (tertiary/aromatic N) is 1. The lowest BCUT2D eigenvalue weighted by molar-refractivity contribution is -0.126. The SMILES string of the molecule is CNCc1ccc2c(c1)N(C(C)CN)C(=O)C(C)O2. The van der Waals surface area contributed by atoms with Gasteiger partial charge in [0.1, 0.15) is 5.75 Å². The van der Waals surface area contributed by atoms with Crippen molar-refractivity contribution >= 4 is 11.6 Å². The second-order valence-corrected chi connectivity index (χ2v) is 4.89. The number of anilines is 1. The minimum atomic E-state index is -0.461. The van der Waals surface area contributed by atoms with Gasteiger partial charge in [-0.15, -0.1) is 0 Å². The summed E-state index contributed by atoms with van der Waals surface area (Å²) in [4.78, 5) is 14.0. The van der Waals surface area contributed by atoms with Crippen molar-refractivity contribution in [1.29, 1.82) is 0 Å². The molecule has 3 N–H and O–H groups in total. The second kappa shape index (κ2) is 5.59. The van der Waals surface area contributed by atoms with Gasteiger partial charge >= 0.3 is 0 Å². The van der Waals surface area contributed by atoms with Crippen molar-refractivity contribution in [3.63, 3.8) is 0 Å². The fraction of sp³-hybridized carbons (Fsp3) is 0.500. The molecule has 0 aliphatic carbocycles. The fourth-order valence-electron chi connectivity index (χ4n) is 2.28. The molecule has 5 nitrogen and oxygen atoms in total. The first-order chi connectivity index (χ1) is 9.08. The largest absolute Gasteiger partial charge is 0.479 e. The summed E-state index contributed by atoms with van der Waals surface area (Å²) in [6.45, 7) is 4.89. The molecular weight excluding hydrogens is 242 g/mol. The van der Waals surface area contributed by atoms with E-state index in [0.717, 1.165) is 23.5 Å². The Bertz CT molecular complexity index is 476. The summed E-state index contributed by atoms with van der Waals surface area (Å²) >= 11 is 0.